The normalized spacial score (nSPS) is 8.43. The van der Waals surface area contributed by atoms with Gasteiger partial charge in [0.2, 0.25) is 0 Å². The van der Waals surface area contributed by atoms with Gasteiger partial charge in [-0.05, 0) is 0 Å². The first kappa shape index (κ1) is 10.8. The molecule has 3 nitrogen and oxygen atoms in total. The minimum atomic E-state index is -2.12. The summed E-state index contributed by atoms with van der Waals surface area (Å²) in [5, 5.41) is 0. The minimum Gasteiger partial charge on any atom is -0.314 e. The van der Waals surface area contributed by atoms with Crippen LogP contribution >= 0.6 is 8.25 Å². The fraction of sp³-hybridized carbons (Fsp3) is 1.00. The van der Waals surface area contributed by atoms with Gasteiger partial charge in [-0.15, -0.1) is 0 Å². The van der Waals surface area contributed by atoms with Crippen LogP contribution in [0.25, 0.3) is 0 Å². The maximum atomic E-state index is 9.92. The molecule has 0 spiro atoms. The molecule has 0 saturated carbocycles. The van der Waals surface area contributed by atoms with Gasteiger partial charge in [-0.25, -0.2) is 0 Å². The van der Waals surface area contributed by atoms with Crippen LogP contribution in [0.5, 0.6) is 0 Å². The van der Waals surface area contributed by atoms with Crippen molar-refractivity contribution >= 4 is 8.25 Å². The second-order valence-electron chi connectivity index (χ2n) is 0.658. The molecule has 0 N–H and O–H groups in total. The molecule has 0 bridgehead atoms. The van der Waals surface area contributed by atoms with Gasteiger partial charge in [-0.3, -0.25) is 4.57 Å². The third-order valence-corrected chi connectivity index (χ3v) is 1.00. The van der Waals surface area contributed by atoms with Crippen molar-refractivity contribution in [3.63, 3.8) is 0 Å². The Labute approximate surface area is 57.6 Å². The summed E-state index contributed by atoms with van der Waals surface area (Å²) >= 11 is 0. The molecule has 0 radical (unpaired) electrons. The van der Waals surface area contributed by atoms with Crippen LogP contribution < -0.4 is 0 Å². The Morgan fingerprint density at radius 1 is 1.29 bits per heavy atom. The van der Waals surface area contributed by atoms with Gasteiger partial charge in [0.15, 0.2) is 0 Å². The summed E-state index contributed by atoms with van der Waals surface area (Å²) in [7, 11) is 0.558. The zero-order valence-electron chi connectivity index (χ0n) is 4.04. The van der Waals surface area contributed by atoms with Crippen molar-refractivity contribution < 1.29 is 34.7 Å². The van der Waals surface area contributed by atoms with E-state index in [0.29, 0.717) is 0 Å². The molecule has 0 unspecified atom stereocenters. The van der Waals surface area contributed by atoms with Crippen molar-refractivity contribution in [2.24, 2.45) is 0 Å². The Balaban J connectivity index is 0. The maximum absolute atomic E-state index is 9.92. The fourth-order valence-corrected chi connectivity index (χ4v) is 0.250. The van der Waals surface area contributed by atoms with Gasteiger partial charge < -0.3 is 9.05 Å². The largest absolute Gasteiger partial charge is 2.00 e. The van der Waals surface area contributed by atoms with E-state index in [-0.39, 0.29) is 21.1 Å². The van der Waals surface area contributed by atoms with Gasteiger partial charge in [-0.2, -0.15) is 0 Å². The molecule has 0 amide bonds. The van der Waals surface area contributed by atoms with Gasteiger partial charge in [0.25, 0.3) is 0 Å². The van der Waals surface area contributed by atoms with Crippen molar-refractivity contribution in [2.75, 3.05) is 14.2 Å². The molecule has 46 valence electrons. The topological polar surface area (TPSA) is 35.5 Å². The first-order valence-corrected chi connectivity index (χ1v) is 2.65. The molecule has 0 heterocycles. The molecule has 0 aromatic heterocycles. The van der Waals surface area contributed by atoms with Crippen LogP contribution in [0.15, 0.2) is 0 Å². The molecule has 5 heteroatoms. The van der Waals surface area contributed by atoms with Crippen molar-refractivity contribution in [1.29, 1.82) is 0 Å². The first-order chi connectivity index (χ1) is 2.81. The molecule has 0 aromatic carbocycles. The van der Waals surface area contributed by atoms with Gasteiger partial charge in [0.1, 0.15) is 0 Å². The van der Waals surface area contributed by atoms with E-state index in [1.165, 1.54) is 14.2 Å². The Bertz CT molecular complexity index is 50.9. The van der Waals surface area contributed by atoms with E-state index < -0.39 is 8.25 Å². The summed E-state index contributed by atoms with van der Waals surface area (Å²) in [6.45, 7) is 0. The van der Waals surface area contributed by atoms with Crippen molar-refractivity contribution in [2.45, 2.75) is 0 Å². The Morgan fingerprint density at radius 2 is 1.57 bits per heavy atom. The summed E-state index contributed by atoms with van der Waals surface area (Å²) in [5.41, 5.74) is 0. The van der Waals surface area contributed by atoms with E-state index in [1.807, 2.05) is 0 Å². The molecule has 0 saturated heterocycles. The van der Waals surface area contributed by atoms with Crippen LogP contribution in [0.4, 0.5) is 0 Å². The number of hydrogen-bond donors (Lipinski definition) is 0. The SMILES string of the molecule is CO[PH](=O)OC.[Pt+2]. The molecule has 0 rings (SSSR count). The predicted molar refractivity (Wildman–Crippen MR) is 23.0 cm³/mol. The predicted octanol–water partition coefficient (Wildman–Crippen LogP) is 0.666. The van der Waals surface area contributed by atoms with Gasteiger partial charge >= 0.3 is 29.3 Å². The van der Waals surface area contributed by atoms with Crippen LogP contribution in [0.3, 0.4) is 0 Å². The molecule has 0 atom stereocenters. The molecular weight excluding hydrogens is 298 g/mol. The molecule has 0 fully saturated rings. The van der Waals surface area contributed by atoms with E-state index in [4.69, 9.17) is 0 Å². The zero-order chi connectivity index (χ0) is 4.99. The average Bonchev–Trinajstić information content (AvgIpc) is 1.65. The van der Waals surface area contributed by atoms with E-state index in [1.54, 1.807) is 0 Å². The van der Waals surface area contributed by atoms with Crippen molar-refractivity contribution in [3.05, 3.63) is 0 Å². The smallest absolute Gasteiger partial charge is 0.314 e. The molecule has 0 aliphatic rings. The molecule has 0 aromatic rings. The number of rotatable bonds is 2. The van der Waals surface area contributed by atoms with E-state index in [9.17, 15) is 4.57 Å². The maximum Gasteiger partial charge on any atom is 2.00 e. The van der Waals surface area contributed by atoms with Gasteiger partial charge in [-0.1, -0.05) is 0 Å². The third kappa shape index (κ3) is 6.84. The van der Waals surface area contributed by atoms with Crippen LogP contribution in [-0.2, 0) is 34.7 Å². The van der Waals surface area contributed by atoms with Crippen LogP contribution in [0.1, 0.15) is 0 Å². The summed E-state index contributed by atoms with van der Waals surface area (Å²) in [4.78, 5) is 0. The summed E-state index contributed by atoms with van der Waals surface area (Å²) in [5.74, 6) is 0. The Kier molecular flexibility index (Phi) is 10.5. The molecular formula is C2H7O3PPt+2. The molecule has 0 aliphatic heterocycles. The third-order valence-electron chi connectivity index (χ3n) is 0.333. The summed E-state index contributed by atoms with van der Waals surface area (Å²) in [6, 6.07) is 0. The van der Waals surface area contributed by atoms with Crippen LogP contribution in [0.2, 0.25) is 0 Å². The van der Waals surface area contributed by atoms with E-state index >= 15 is 0 Å². The van der Waals surface area contributed by atoms with E-state index in [0.717, 1.165) is 0 Å². The van der Waals surface area contributed by atoms with Crippen LogP contribution in [0, 0.1) is 0 Å². The Hall–Kier alpha value is 0.838. The zero-order valence-corrected chi connectivity index (χ0v) is 7.31. The second kappa shape index (κ2) is 6.84. The number of hydrogen-bond acceptors (Lipinski definition) is 3. The summed E-state index contributed by atoms with van der Waals surface area (Å²) < 4.78 is 18.4. The second-order valence-corrected chi connectivity index (χ2v) is 1.97. The van der Waals surface area contributed by atoms with Gasteiger partial charge in [0, 0.05) is 14.2 Å². The van der Waals surface area contributed by atoms with Crippen molar-refractivity contribution in [3.8, 4) is 0 Å². The first-order valence-electron chi connectivity index (χ1n) is 1.43. The van der Waals surface area contributed by atoms with Crippen molar-refractivity contribution in [1.82, 2.24) is 0 Å². The molecule has 7 heavy (non-hydrogen) atoms. The monoisotopic (exact) mass is 305 g/mol. The average molecular weight is 305 g/mol. The molecule has 0 aliphatic carbocycles. The van der Waals surface area contributed by atoms with E-state index in [2.05, 4.69) is 9.05 Å². The van der Waals surface area contributed by atoms with Gasteiger partial charge in [0.05, 0.1) is 0 Å². The minimum absolute atomic E-state index is 0. The van der Waals surface area contributed by atoms with Crippen LogP contribution in [-0.4, -0.2) is 14.2 Å². The standard InChI is InChI=1S/C2H7O3P.Pt/c1-4-6(3)5-2;/h6H,1-2H3;/q;+2. The summed E-state index contributed by atoms with van der Waals surface area (Å²) in [6.07, 6.45) is 0. The fourth-order valence-electron chi connectivity index (χ4n) is 0.0833. The Morgan fingerprint density at radius 3 is 1.57 bits per heavy atom. The quantitative estimate of drug-likeness (QED) is 0.703.